The number of aliphatic hydroxyl groups excluding tert-OH is 1. The van der Waals surface area contributed by atoms with Crippen LogP contribution in [0, 0.1) is 17.2 Å². The summed E-state index contributed by atoms with van der Waals surface area (Å²) in [5.41, 5.74) is 1.86. The normalized spacial score (nSPS) is 18.3. The average Bonchev–Trinajstić information content (AvgIpc) is 3.35. The van der Waals surface area contributed by atoms with Gasteiger partial charge in [-0.3, -0.25) is 4.90 Å². The fraction of sp³-hybridized carbons (Fsp3) is 0.385. The van der Waals surface area contributed by atoms with E-state index < -0.39 is 12.2 Å². The van der Waals surface area contributed by atoms with Gasteiger partial charge in [0.1, 0.15) is 5.75 Å². The third-order valence-corrected chi connectivity index (χ3v) is 6.51. The van der Waals surface area contributed by atoms with Gasteiger partial charge < -0.3 is 14.9 Å². The molecular weight excluding hydrogens is 454 g/mol. The highest BCUT2D eigenvalue weighted by Crippen LogP contribution is 2.32. The molecule has 0 saturated carbocycles. The molecule has 9 heteroatoms. The van der Waals surface area contributed by atoms with Crippen LogP contribution < -0.4 is 4.74 Å². The minimum Gasteiger partial charge on any atom is -0.434 e. The van der Waals surface area contributed by atoms with E-state index in [0.717, 1.165) is 25.1 Å². The summed E-state index contributed by atoms with van der Waals surface area (Å²) >= 11 is 0. The number of nitrogens with zero attached hydrogens (tertiary/aromatic N) is 4. The number of aliphatic hydroxyl groups is 2. The maximum atomic E-state index is 13.2. The molecule has 2 aromatic carbocycles. The summed E-state index contributed by atoms with van der Waals surface area (Å²) in [7, 11) is 0. The number of aromatic nitrogens is 2. The van der Waals surface area contributed by atoms with Gasteiger partial charge in [-0.2, -0.15) is 19.1 Å². The number of alkyl halides is 2. The van der Waals surface area contributed by atoms with Crippen molar-refractivity contribution in [2.45, 2.75) is 38.5 Å². The van der Waals surface area contributed by atoms with Gasteiger partial charge in [0.25, 0.3) is 0 Å². The van der Waals surface area contributed by atoms with Gasteiger partial charge in [0, 0.05) is 36.3 Å². The SMILES string of the molecule is C[C@@](O)(CO)[C@H]1CCCN(Cc2ccc(-c3ccn(-c4cccc(C#N)c4)n3)cc2OC(F)F)C1. The zero-order chi connectivity index (χ0) is 25.0. The number of hydrogen-bond acceptors (Lipinski definition) is 6. The smallest absolute Gasteiger partial charge is 0.387 e. The van der Waals surface area contributed by atoms with Crippen LogP contribution >= 0.6 is 0 Å². The van der Waals surface area contributed by atoms with Crippen molar-refractivity contribution in [3.05, 3.63) is 65.9 Å². The number of hydrogen-bond donors (Lipinski definition) is 2. The fourth-order valence-corrected chi connectivity index (χ4v) is 4.47. The third kappa shape index (κ3) is 5.85. The van der Waals surface area contributed by atoms with Crippen LogP contribution in [-0.4, -0.2) is 56.8 Å². The molecule has 2 heterocycles. The molecule has 1 aliphatic heterocycles. The molecular formula is C26H28F2N4O3. The summed E-state index contributed by atoms with van der Waals surface area (Å²) in [5.74, 6) is -0.0296. The number of ether oxygens (including phenoxy) is 1. The molecule has 0 aliphatic carbocycles. The number of piperidine rings is 1. The number of likely N-dealkylation sites (tertiary alicyclic amines) is 1. The second-order valence-electron chi connectivity index (χ2n) is 9.10. The van der Waals surface area contributed by atoms with E-state index in [1.807, 2.05) is 12.1 Å². The van der Waals surface area contributed by atoms with Crippen molar-refractivity contribution < 1.29 is 23.7 Å². The Morgan fingerprint density at radius 3 is 2.83 bits per heavy atom. The minimum absolute atomic E-state index is 0.0783. The van der Waals surface area contributed by atoms with Gasteiger partial charge in [0.2, 0.25) is 0 Å². The zero-order valence-corrected chi connectivity index (χ0v) is 19.4. The van der Waals surface area contributed by atoms with Crippen molar-refractivity contribution in [1.82, 2.24) is 14.7 Å². The molecule has 0 unspecified atom stereocenters. The summed E-state index contributed by atoms with van der Waals surface area (Å²) in [6, 6.07) is 16.0. The first-order valence-electron chi connectivity index (χ1n) is 11.5. The van der Waals surface area contributed by atoms with Crippen LogP contribution in [-0.2, 0) is 6.54 Å². The van der Waals surface area contributed by atoms with E-state index in [2.05, 4.69) is 16.1 Å². The van der Waals surface area contributed by atoms with E-state index in [4.69, 9.17) is 10.00 Å². The number of benzene rings is 2. The Labute approximate surface area is 202 Å². The van der Waals surface area contributed by atoms with Crippen LogP contribution in [0.5, 0.6) is 5.75 Å². The fourth-order valence-electron chi connectivity index (χ4n) is 4.47. The van der Waals surface area contributed by atoms with E-state index in [-0.39, 0.29) is 18.3 Å². The summed E-state index contributed by atoms with van der Waals surface area (Å²) in [5, 5.41) is 33.6. The van der Waals surface area contributed by atoms with Gasteiger partial charge in [-0.1, -0.05) is 18.2 Å². The van der Waals surface area contributed by atoms with E-state index in [1.165, 1.54) is 0 Å². The average molecular weight is 483 g/mol. The molecule has 0 spiro atoms. The Hall–Kier alpha value is -3.32. The summed E-state index contributed by atoms with van der Waals surface area (Å²) in [6.45, 7) is 0.0231. The van der Waals surface area contributed by atoms with Gasteiger partial charge in [-0.15, -0.1) is 0 Å². The molecule has 4 rings (SSSR count). The zero-order valence-electron chi connectivity index (χ0n) is 19.4. The van der Waals surface area contributed by atoms with E-state index in [0.29, 0.717) is 35.5 Å². The Bertz CT molecular complexity index is 1210. The van der Waals surface area contributed by atoms with Crippen LogP contribution in [0.1, 0.15) is 30.9 Å². The maximum absolute atomic E-state index is 13.2. The van der Waals surface area contributed by atoms with Crippen molar-refractivity contribution in [3.8, 4) is 28.8 Å². The lowest BCUT2D eigenvalue weighted by atomic mass is 9.83. The molecule has 2 N–H and O–H groups in total. The quantitative estimate of drug-likeness (QED) is 0.505. The molecule has 3 aromatic rings. The Kier molecular flexibility index (Phi) is 7.45. The van der Waals surface area contributed by atoms with Crippen molar-refractivity contribution in [2.24, 2.45) is 5.92 Å². The van der Waals surface area contributed by atoms with Gasteiger partial charge >= 0.3 is 6.61 Å². The highest BCUT2D eigenvalue weighted by atomic mass is 19.3. The molecule has 1 fully saturated rings. The predicted molar refractivity (Wildman–Crippen MR) is 126 cm³/mol. The topological polar surface area (TPSA) is 94.5 Å². The van der Waals surface area contributed by atoms with Crippen molar-refractivity contribution in [1.29, 1.82) is 5.26 Å². The first-order chi connectivity index (χ1) is 16.8. The van der Waals surface area contributed by atoms with Crippen molar-refractivity contribution in [2.75, 3.05) is 19.7 Å². The summed E-state index contributed by atoms with van der Waals surface area (Å²) in [6.07, 6.45) is 3.38. The summed E-state index contributed by atoms with van der Waals surface area (Å²) < 4.78 is 33.0. The lowest BCUT2D eigenvalue weighted by Crippen LogP contribution is -2.47. The number of halogens is 2. The predicted octanol–water partition coefficient (Wildman–Crippen LogP) is 3.97. The molecule has 0 bridgehead atoms. The molecule has 0 amide bonds. The molecule has 184 valence electrons. The minimum atomic E-state index is -2.97. The van der Waals surface area contributed by atoms with Gasteiger partial charge in [0.15, 0.2) is 0 Å². The monoisotopic (exact) mass is 482 g/mol. The molecule has 0 radical (unpaired) electrons. The summed E-state index contributed by atoms with van der Waals surface area (Å²) in [4.78, 5) is 2.09. The molecule has 2 atom stereocenters. The van der Waals surface area contributed by atoms with Crippen LogP contribution in [0.15, 0.2) is 54.7 Å². The van der Waals surface area contributed by atoms with Crippen LogP contribution in [0.2, 0.25) is 0 Å². The van der Waals surface area contributed by atoms with Crippen molar-refractivity contribution >= 4 is 0 Å². The number of nitriles is 1. The number of rotatable bonds is 8. The van der Waals surface area contributed by atoms with Gasteiger partial charge in [-0.05, 0) is 56.6 Å². The van der Waals surface area contributed by atoms with Gasteiger partial charge in [0.05, 0.1) is 35.2 Å². The van der Waals surface area contributed by atoms with E-state index in [1.54, 1.807) is 54.2 Å². The lowest BCUT2D eigenvalue weighted by Gasteiger charge is -2.39. The van der Waals surface area contributed by atoms with Crippen LogP contribution in [0.25, 0.3) is 16.9 Å². The Balaban J connectivity index is 1.57. The van der Waals surface area contributed by atoms with E-state index in [9.17, 15) is 19.0 Å². The highest BCUT2D eigenvalue weighted by molar-refractivity contribution is 5.62. The standard InChI is InChI=1S/C26H28F2N4O3/c1-26(34,17-33)21-5-3-10-31(16-21)15-20-8-7-19(13-24(20)35-25(27)28)23-9-11-32(30-23)22-6-2-4-18(12-22)14-29/h2,4,6-9,11-13,21,25,33-34H,3,5,10,15-17H2,1H3/t21-,26+/m0/s1. The largest absolute Gasteiger partial charge is 0.434 e. The first-order valence-corrected chi connectivity index (χ1v) is 11.5. The molecule has 1 aromatic heterocycles. The van der Waals surface area contributed by atoms with Crippen LogP contribution in [0.3, 0.4) is 0 Å². The Morgan fingerprint density at radius 2 is 2.09 bits per heavy atom. The molecule has 1 saturated heterocycles. The Morgan fingerprint density at radius 1 is 1.26 bits per heavy atom. The molecule has 7 nitrogen and oxygen atoms in total. The molecule has 35 heavy (non-hydrogen) atoms. The first kappa shape index (κ1) is 24.8. The van der Waals surface area contributed by atoms with Gasteiger partial charge in [-0.25, -0.2) is 4.68 Å². The second-order valence-corrected chi connectivity index (χ2v) is 9.10. The van der Waals surface area contributed by atoms with Crippen LogP contribution in [0.4, 0.5) is 8.78 Å². The third-order valence-electron chi connectivity index (χ3n) is 6.51. The maximum Gasteiger partial charge on any atom is 0.387 e. The second kappa shape index (κ2) is 10.5. The lowest BCUT2D eigenvalue weighted by molar-refractivity contribution is -0.0702. The van der Waals surface area contributed by atoms with Crippen molar-refractivity contribution in [3.63, 3.8) is 0 Å². The van der Waals surface area contributed by atoms with E-state index >= 15 is 0 Å². The molecule has 1 aliphatic rings. The highest BCUT2D eigenvalue weighted by Gasteiger charge is 2.34.